The Bertz CT molecular complexity index is 1000. The maximum Gasteiger partial charge on any atom is 0.292 e. The number of nitro groups is 1. The molecule has 6 heteroatoms. The molecule has 3 aromatic carbocycles. The molecule has 0 bridgehead atoms. The van der Waals surface area contributed by atoms with Crippen LogP contribution in [0.5, 0.6) is 0 Å². The average molecular weight is 373 g/mol. The number of nitrogens with zero attached hydrogens (tertiary/aromatic N) is 2. The monoisotopic (exact) mass is 373 g/mol. The van der Waals surface area contributed by atoms with E-state index in [4.69, 9.17) is 0 Å². The molecule has 0 saturated heterocycles. The van der Waals surface area contributed by atoms with Gasteiger partial charge in [0.05, 0.1) is 11.5 Å². The van der Waals surface area contributed by atoms with Gasteiger partial charge in [-0.2, -0.15) is 0 Å². The molecule has 0 spiro atoms. The third-order valence-corrected chi connectivity index (χ3v) is 4.85. The summed E-state index contributed by atoms with van der Waals surface area (Å²) in [5.41, 5.74) is 4.78. The first-order valence-corrected chi connectivity index (χ1v) is 9.03. The van der Waals surface area contributed by atoms with E-state index < -0.39 is 4.92 Å². The van der Waals surface area contributed by atoms with Gasteiger partial charge in [0.25, 0.3) is 5.69 Å². The molecule has 140 valence electrons. The predicted molar refractivity (Wildman–Crippen MR) is 108 cm³/mol. The van der Waals surface area contributed by atoms with Crippen molar-refractivity contribution < 1.29 is 9.72 Å². The van der Waals surface area contributed by atoms with E-state index in [0.29, 0.717) is 13.1 Å². The zero-order valence-corrected chi connectivity index (χ0v) is 15.2. The molecule has 1 heterocycles. The molecule has 0 saturated carbocycles. The Labute approximate surface area is 162 Å². The highest BCUT2D eigenvalue weighted by atomic mass is 16.6. The van der Waals surface area contributed by atoms with Crippen LogP contribution in [0.2, 0.25) is 0 Å². The minimum absolute atomic E-state index is 0.109. The van der Waals surface area contributed by atoms with E-state index in [1.54, 1.807) is 18.2 Å². The number of amides is 1. The van der Waals surface area contributed by atoms with Crippen LogP contribution in [-0.4, -0.2) is 22.3 Å². The molecule has 0 aliphatic carbocycles. The van der Waals surface area contributed by atoms with Gasteiger partial charge in [-0.05, 0) is 28.3 Å². The lowest BCUT2D eigenvalue weighted by Gasteiger charge is -2.20. The number of hydrogen-bond donors (Lipinski definition) is 1. The molecule has 0 atom stereocenters. The number of nitrogens with one attached hydrogen (secondary N) is 1. The first-order chi connectivity index (χ1) is 13.6. The zero-order chi connectivity index (χ0) is 19.5. The molecule has 1 aliphatic heterocycles. The van der Waals surface area contributed by atoms with Gasteiger partial charge >= 0.3 is 0 Å². The van der Waals surface area contributed by atoms with Crippen molar-refractivity contribution in [2.75, 3.05) is 11.9 Å². The number of carbonyl (C=O) groups is 1. The summed E-state index contributed by atoms with van der Waals surface area (Å²) in [7, 11) is 0. The van der Waals surface area contributed by atoms with E-state index in [1.807, 2.05) is 24.3 Å². The second kappa shape index (κ2) is 7.62. The molecule has 6 nitrogen and oxygen atoms in total. The smallest absolute Gasteiger partial charge is 0.292 e. The van der Waals surface area contributed by atoms with Crippen LogP contribution >= 0.6 is 0 Å². The van der Waals surface area contributed by atoms with Crippen LogP contribution < -0.4 is 5.32 Å². The molecule has 1 amide bonds. The molecule has 3 aromatic rings. The van der Waals surface area contributed by atoms with Crippen LogP contribution in [0.25, 0.3) is 11.1 Å². The normalized spacial score (nSPS) is 13.1. The number of rotatable bonds is 4. The lowest BCUT2D eigenvalue weighted by molar-refractivity contribution is -0.383. The summed E-state index contributed by atoms with van der Waals surface area (Å²) >= 11 is 0. The highest BCUT2D eigenvalue weighted by Crippen LogP contribution is 2.32. The third-order valence-electron chi connectivity index (χ3n) is 4.85. The number of hydrogen-bond acceptors (Lipinski definition) is 4. The third kappa shape index (κ3) is 3.63. The van der Waals surface area contributed by atoms with Crippen molar-refractivity contribution in [1.82, 2.24) is 4.90 Å². The molecule has 4 rings (SSSR count). The zero-order valence-electron chi connectivity index (χ0n) is 15.2. The van der Waals surface area contributed by atoms with Crippen molar-refractivity contribution in [3.63, 3.8) is 0 Å². The summed E-state index contributed by atoms with van der Waals surface area (Å²) < 4.78 is 0. The Balaban J connectivity index is 1.56. The van der Waals surface area contributed by atoms with Gasteiger partial charge in [0.2, 0.25) is 5.91 Å². The van der Waals surface area contributed by atoms with Gasteiger partial charge in [0.15, 0.2) is 0 Å². The second-order valence-corrected chi connectivity index (χ2v) is 6.78. The Morgan fingerprint density at radius 3 is 2.04 bits per heavy atom. The van der Waals surface area contributed by atoms with Gasteiger partial charge in [-0.15, -0.1) is 0 Å². The summed E-state index contributed by atoms with van der Waals surface area (Å²) in [6, 6.07) is 22.6. The average Bonchev–Trinajstić information content (AvgIpc) is 2.84. The number of anilines is 1. The summed E-state index contributed by atoms with van der Waals surface area (Å²) in [6.07, 6.45) is 0. The van der Waals surface area contributed by atoms with Crippen LogP contribution in [0.3, 0.4) is 0 Å². The van der Waals surface area contributed by atoms with E-state index in [2.05, 4.69) is 34.5 Å². The predicted octanol–water partition coefficient (Wildman–Crippen LogP) is 4.22. The Morgan fingerprint density at radius 2 is 1.43 bits per heavy atom. The van der Waals surface area contributed by atoms with Gasteiger partial charge in [0, 0.05) is 19.2 Å². The molecular weight excluding hydrogens is 354 g/mol. The van der Waals surface area contributed by atoms with E-state index in [0.717, 1.165) is 11.1 Å². The van der Waals surface area contributed by atoms with Crippen molar-refractivity contribution >= 4 is 17.3 Å². The fraction of sp³-hybridized carbons (Fsp3) is 0.136. The first-order valence-electron chi connectivity index (χ1n) is 9.03. The SMILES string of the molecule is O=C(CN1Cc2ccccc2-c2ccccc2C1)Nc1ccccc1[N+](=O)[O-]. The molecule has 0 unspecified atom stereocenters. The molecule has 28 heavy (non-hydrogen) atoms. The minimum Gasteiger partial charge on any atom is -0.319 e. The van der Waals surface area contributed by atoms with Gasteiger partial charge in [0.1, 0.15) is 5.69 Å². The van der Waals surface area contributed by atoms with Crippen LogP contribution in [0.1, 0.15) is 11.1 Å². The maximum atomic E-state index is 12.6. The molecule has 1 N–H and O–H groups in total. The summed E-state index contributed by atoms with van der Waals surface area (Å²) in [5.74, 6) is -0.272. The quantitative estimate of drug-likeness (QED) is 0.549. The van der Waals surface area contributed by atoms with E-state index in [-0.39, 0.29) is 23.8 Å². The molecule has 0 aromatic heterocycles. The van der Waals surface area contributed by atoms with Crippen LogP contribution in [0.15, 0.2) is 72.8 Å². The van der Waals surface area contributed by atoms with Gasteiger partial charge in [-0.1, -0.05) is 60.7 Å². The van der Waals surface area contributed by atoms with Crippen LogP contribution in [0.4, 0.5) is 11.4 Å². The first kappa shape index (κ1) is 17.9. The van der Waals surface area contributed by atoms with Crippen LogP contribution in [-0.2, 0) is 17.9 Å². The Kier molecular flexibility index (Phi) is 4.87. The molecule has 1 aliphatic rings. The van der Waals surface area contributed by atoms with Gasteiger partial charge in [-0.25, -0.2) is 0 Å². The second-order valence-electron chi connectivity index (χ2n) is 6.78. The number of benzene rings is 3. The number of para-hydroxylation sites is 2. The number of fused-ring (bicyclic) bond motifs is 3. The van der Waals surface area contributed by atoms with E-state index in [1.165, 1.54) is 17.2 Å². The molecule has 0 radical (unpaired) electrons. The van der Waals surface area contributed by atoms with E-state index in [9.17, 15) is 14.9 Å². The summed E-state index contributed by atoms with van der Waals surface area (Å²) in [6.45, 7) is 1.42. The fourth-order valence-corrected chi connectivity index (χ4v) is 3.62. The van der Waals surface area contributed by atoms with Crippen molar-refractivity contribution in [1.29, 1.82) is 0 Å². The maximum absolute atomic E-state index is 12.6. The lowest BCUT2D eigenvalue weighted by Crippen LogP contribution is -2.32. The lowest BCUT2D eigenvalue weighted by atomic mass is 9.97. The van der Waals surface area contributed by atoms with Crippen molar-refractivity contribution in [3.8, 4) is 11.1 Å². The highest BCUT2D eigenvalue weighted by molar-refractivity contribution is 5.94. The largest absolute Gasteiger partial charge is 0.319 e. The van der Waals surface area contributed by atoms with Gasteiger partial charge in [-0.3, -0.25) is 19.8 Å². The van der Waals surface area contributed by atoms with Crippen LogP contribution in [0, 0.1) is 10.1 Å². The van der Waals surface area contributed by atoms with E-state index >= 15 is 0 Å². The van der Waals surface area contributed by atoms with Crippen molar-refractivity contribution in [3.05, 3.63) is 94.0 Å². The number of carbonyl (C=O) groups excluding carboxylic acids is 1. The topological polar surface area (TPSA) is 75.5 Å². The molecular formula is C22H19N3O3. The standard InChI is InChI=1S/C22H19N3O3/c26-22(23-20-11-5-6-12-21(20)25(27)28)15-24-13-16-7-1-3-9-18(16)19-10-4-2-8-17(19)14-24/h1-12H,13-15H2,(H,23,26). The highest BCUT2D eigenvalue weighted by Gasteiger charge is 2.22. The summed E-state index contributed by atoms with van der Waals surface area (Å²) in [4.78, 5) is 25.3. The molecule has 0 fully saturated rings. The summed E-state index contributed by atoms with van der Waals surface area (Å²) in [5, 5.41) is 13.8. The van der Waals surface area contributed by atoms with Crippen molar-refractivity contribution in [2.45, 2.75) is 13.1 Å². The van der Waals surface area contributed by atoms with Gasteiger partial charge < -0.3 is 5.32 Å². The minimum atomic E-state index is -0.492. The van der Waals surface area contributed by atoms with Crippen molar-refractivity contribution in [2.24, 2.45) is 0 Å². The Morgan fingerprint density at radius 1 is 0.893 bits per heavy atom. The Hall–Kier alpha value is -3.51. The number of nitro benzene ring substituents is 1. The fourth-order valence-electron chi connectivity index (χ4n) is 3.62.